The predicted molar refractivity (Wildman–Crippen MR) is 31.1 cm³/mol. The van der Waals surface area contributed by atoms with Crippen LogP contribution in [0.4, 0.5) is 0 Å². The van der Waals surface area contributed by atoms with E-state index < -0.39 is 0 Å². The molecule has 1 heterocycles. The van der Waals surface area contributed by atoms with Gasteiger partial charge >= 0.3 is 0 Å². The third-order valence-corrected chi connectivity index (χ3v) is 1.39. The van der Waals surface area contributed by atoms with Crippen molar-refractivity contribution in [2.75, 3.05) is 6.61 Å². The van der Waals surface area contributed by atoms with Crippen molar-refractivity contribution in [1.82, 2.24) is 0 Å². The van der Waals surface area contributed by atoms with E-state index in [4.69, 9.17) is 16.2 Å². The van der Waals surface area contributed by atoms with Crippen LogP contribution in [0, 0.1) is 0 Å². The molecule has 0 bridgehead atoms. The van der Waals surface area contributed by atoms with Crippen molar-refractivity contribution in [1.29, 1.82) is 0 Å². The molecule has 8 heavy (non-hydrogen) atoms. The smallest absolute Gasteiger partial charge is 0.0856 e. The normalized spacial score (nSPS) is 29.6. The van der Waals surface area contributed by atoms with E-state index in [-0.39, 0.29) is 12.3 Å². The van der Waals surface area contributed by atoms with Gasteiger partial charge in [0.2, 0.25) is 0 Å². The highest BCUT2D eigenvalue weighted by molar-refractivity contribution is 4.71. The highest BCUT2D eigenvalue weighted by atomic mass is 16.5. The average Bonchev–Trinajstić information content (AvgIpc) is 2.12. The van der Waals surface area contributed by atoms with E-state index in [1.54, 1.807) is 0 Å². The fourth-order valence-corrected chi connectivity index (χ4v) is 0.906. The summed E-state index contributed by atoms with van der Waals surface area (Å²) in [4.78, 5) is 0. The number of hydrogen-bond donors (Lipinski definition) is 2. The van der Waals surface area contributed by atoms with E-state index in [1.807, 2.05) is 0 Å². The lowest BCUT2D eigenvalue weighted by atomic mass is 10.2. The molecule has 1 saturated heterocycles. The lowest BCUT2D eigenvalue weighted by Crippen LogP contribution is -2.42. The zero-order valence-corrected chi connectivity index (χ0v) is 4.84. The SMILES string of the molecule is NC(N)C1CCCO1. The monoisotopic (exact) mass is 116 g/mol. The van der Waals surface area contributed by atoms with Crippen LogP contribution in [0.25, 0.3) is 0 Å². The molecule has 3 heteroatoms. The van der Waals surface area contributed by atoms with E-state index in [9.17, 15) is 0 Å². The first-order valence-corrected chi connectivity index (χ1v) is 2.93. The molecule has 0 spiro atoms. The summed E-state index contributed by atoms with van der Waals surface area (Å²) in [7, 11) is 0. The molecule has 48 valence electrons. The average molecular weight is 116 g/mol. The maximum Gasteiger partial charge on any atom is 0.0856 e. The summed E-state index contributed by atoms with van der Waals surface area (Å²) >= 11 is 0. The first-order valence-electron chi connectivity index (χ1n) is 2.93. The quantitative estimate of drug-likeness (QED) is 0.450. The Hall–Kier alpha value is -0.120. The summed E-state index contributed by atoms with van der Waals surface area (Å²) in [6.07, 6.45) is 1.97. The predicted octanol–water partition coefficient (Wildman–Crippen LogP) is -0.591. The van der Waals surface area contributed by atoms with Gasteiger partial charge in [0.05, 0.1) is 12.3 Å². The summed E-state index contributed by atoms with van der Waals surface area (Å²) in [6, 6.07) is 0. The van der Waals surface area contributed by atoms with Crippen LogP contribution in [0.1, 0.15) is 12.8 Å². The van der Waals surface area contributed by atoms with Gasteiger partial charge in [-0.05, 0) is 12.8 Å². The highest BCUT2D eigenvalue weighted by Gasteiger charge is 2.18. The largest absolute Gasteiger partial charge is 0.375 e. The molecule has 1 fully saturated rings. The molecule has 1 unspecified atom stereocenters. The number of nitrogens with two attached hydrogens (primary N) is 2. The van der Waals surface area contributed by atoms with Crippen molar-refractivity contribution >= 4 is 0 Å². The van der Waals surface area contributed by atoms with Crippen molar-refractivity contribution in [3.05, 3.63) is 0 Å². The molecule has 1 aliphatic heterocycles. The van der Waals surface area contributed by atoms with Crippen LogP contribution in [-0.4, -0.2) is 18.9 Å². The molecule has 0 saturated carbocycles. The summed E-state index contributed by atoms with van der Waals surface area (Å²) in [5.41, 5.74) is 10.7. The minimum absolute atomic E-state index is 0.120. The Balaban J connectivity index is 2.24. The van der Waals surface area contributed by atoms with E-state index in [0.29, 0.717) is 0 Å². The van der Waals surface area contributed by atoms with Crippen LogP contribution in [0.2, 0.25) is 0 Å². The van der Waals surface area contributed by atoms with Gasteiger partial charge in [-0.1, -0.05) is 0 Å². The number of rotatable bonds is 1. The molecule has 1 atom stereocenters. The third kappa shape index (κ3) is 1.18. The summed E-state index contributed by atoms with van der Waals surface area (Å²) in [6.45, 7) is 0.829. The summed E-state index contributed by atoms with van der Waals surface area (Å²) in [5.74, 6) is 0. The molecule has 3 nitrogen and oxygen atoms in total. The van der Waals surface area contributed by atoms with Gasteiger partial charge in [0.15, 0.2) is 0 Å². The fraction of sp³-hybridized carbons (Fsp3) is 1.00. The Morgan fingerprint density at radius 3 is 2.50 bits per heavy atom. The molecular weight excluding hydrogens is 104 g/mol. The van der Waals surface area contributed by atoms with E-state index in [2.05, 4.69) is 0 Å². The Labute approximate surface area is 49.0 Å². The molecule has 0 aromatic carbocycles. The van der Waals surface area contributed by atoms with Gasteiger partial charge in [-0.2, -0.15) is 0 Å². The Kier molecular flexibility index (Phi) is 1.83. The van der Waals surface area contributed by atoms with Crippen LogP contribution in [-0.2, 0) is 4.74 Å². The molecule has 4 N–H and O–H groups in total. The number of ether oxygens (including phenoxy) is 1. The van der Waals surface area contributed by atoms with Gasteiger partial charge in [-0.3, -0.25) is 0 Å². The molecular formula is C5H12N2O. The summed E-state index contributed by atoms with van der Waals surface area (Å²) in [5, 5.41) is 0. The second kappa shape index (κ2) is 2.44. The first kappa shape index (κ1) is 6.01. The standard InChI is InChI=1S/C5H12N2O/c6-5(7)4-2-1-3-8-4/h4-5H,1-3,6-7H2. The second-order valence-electron chi connectivity index (χ2n) is 2.13. The molecule has 0 aromatic heterocycles. The minimum atomic E-state index is -0.280. The highest BCUT2D eigenvalue weighted by Crippen LogP contribution is 2.11. The van der Waals surface area contributed by atoms with Crippen LogP contribution >= 0.6 is 0 Å². The van der Waals surface area contributed by atoms with Crippen LogP contribution in [0.3, 0.4) is 0 Å². The van der Waals surface area contributed by atoms with Gasteiger partial charge in [0, 0.05) is 6.61 Å². The molecule has 1 rings (SSSR count). The zero-order valence-electron chi connectivity index (χ0n) is 4.84. The van der Waals surface area contributed by atoms with Crippen LogP contribution < -0.4 is 11.5 Å². The zero-order chi connectivity index (χ0) is 5.98. The Morgan fingerprint density at radius 2 is 2.25 bits per heavy atom. The Morgan fingerprint density at radius 1 is 1.50 bits per heavy atom. The molecule has 0 amide bonds. The van der Waals surface area contributed by atoms with Crippen molar-refractivity contribution < 1.29 is 4.74 Å². The van der Waals surface area contributed by atoms with Gasteiger partial charge < -0.3 is 16.2 Å². The van der Waals surface area contributed by atoms with E-state index >= 15 is 0 Å². The summed E-state index contributed by atoms with van der Waals surface area (Å²) < 4.78 is 5.16. The maximum atomic E-state index is 5.35. The minimum Gasteiger partial charge on any atom is -0.375 e. The topological polar surface area (TPSA) is 61.3 Å². The lowest BCUT2D eigenvalue weighted by molar-refractivity contribution is 0.0917. The lowest BCUT2D eigenvalue weighted by Gasteiger charge is -2.11. The van der Waals surface area contributed by atoms with Crippen molar-refractivity contribution in [2.45, 2.75) is 25.1 Å². The molecule has 1 aliphatic rings. The molecule has 0 radical (unpaired) electrons. The fourth-order valence-electron chi connectivity index (χ4n) is 0.906. The molecule has 0 aliphatic carbocycles. The van der Waals surface area contributed by atoms with Crippen molar-refractivity contribution in [3.8, 4) is 0 Å². The van der Waals surface area contributed by atoms with Crippen molar-refractivity contribution in [3.63, 3.8) is 0 Å². The first-order chi connectivity index (χ1) is 3.80. The van der Waals surface area contributed by atoms with Gasteiger partial charge in [-0.15, -0.1) is 0 Å². The van der Waals surface area contributed by atoms with E-state index in [0.717, 1.165) is 19.4 Å². The van der Waals surface area contributed by atoms with Crippen LogP contribution in [0.15, 0.2) is 0 Å². The number of hydrogen-bond acceptors (Lipinski definition) is 3. The van der Waals surface area contributed by atoms with Crippen molar-refractivity contribution in [2.24, 2.45) is 11.5 Å². The van der Waals surface area contributed by atoms with Crippen LogP contribution in [0.5, 0.6) is 0 Å². The second-order valence-corrected chi connectivity index (χ2v) is 2.13. The molecule has 0 aromatic rings. The van der Waals surface area contributed by atoms with Gasteiger partial charge in [0.25, 0.3) is 0 Å². The third-order valence-electron chi connectivity index (χ3n) is 1.39. The van der Waals surface area contributed by atoms with Gasteiger partial charge in [0.1, 0.15) is 0 Å². The Bertz CT molecular complexity index is 68.8. The van der Waals surface area contributed by atoms with E-state index in [1.165, 1.54) is 0 Å². The van der Waals surface area contributed by atoms with Gasteiger partial charge in [-0.25, -0.2) is 0 Å². The maximum absolute atomic E-state index is 5.35.